The van der Waals surface area contributed by atoms with E-state index in [1.54, 1.807) is 6.26 Å². The van der Waals surface area contributed by atoms with Gasteiger partial charge in [-0.05, 0) is 24.5 Å². The lowest BCUT2D eigenvalue weighted by molar-refractivity contribution is 0.377. The first-order valence-corrected chi connectivity index (χ1v) is 7.36. The Balaban J connectivity index is 1.74. The molecule has 5 heteroatoms. The van der Waals surface area contributed by atoms with E-state index in [0.717, 1.165) is 37.7 Å². The Morgan fingerprint density at radius 3 is 2.95 bits per heavy atom. The van der Waals surface area contributed by atoms with Gasteiger partial charge in [0, 0.05) is 25.7 Å². The van der Waals surface area contributed by atoms with E-state index >= 15 is 0 Å². The normalized spacial score (nSPS) is 14.9. The summed E-state index contributed by atoms with van der Waals surface area (Å²) in [6.07, 6.45) is 2.64. The van der Waals surface area contributed by atoms with Gasteiger partial charge in [-0.2, -0.15) is 0 Å². The number of benzene rings is 1. The van der Waals surface area contributed by atoms with Crippen molar-refractivity contribution in [3.8, 4) is 0 Å². The lowest BCUT2D eigenvalue weighted by Gasteiger charge is -2.31. The number of aliphatic imine (C=N–C) groups is 1. The zero-order valence-corrected chi connectivity index (χ0v) is 12.2. The first-order valence-electron chi connectivity index (χ1n) is 7.36. The maximum absolute atomic E-state index is 4.85. The van der Waals surface area contributed by atoms with Crippen LogP contribution in [0, 0.1) is 0 Å². The number of guanidine groups is 1. The molecule has 1 aromatic heterocycles. The zero-order valence-electron chi connectivity index (χ0n) is 12.2. The van der Waals surface area contributed by atoms with Crippen molar-refractivity contribution in [2.45, 2.75) is 26.4 Å². The molecule has 0 spiro atoms. The van der Waals surface area contributed by atoms with Gasteiger partial charge in [-0.1, -0.05) is 29.4 Å². The second kappa shape index (κ2) is 6.43. The van der Waals surface area contributed by atoms with E-state index in [1.807, 2.05) is 6.07 Å². The van der Waals surface area contributed by atoms with Gasteiger partial charge < -0.3 is 14.7 Å². The third-order valence-electron chi connectivity index (χ3n) is 3.65. The number of nitrogens with zero attached hydrogens (tertiary/aromatic N) is 3. The predicted octanol–water partition coefficient (Wildman–Crippen LogP) is 2.20. The molecular formula is C16H20N4O. The van der Waals surface area contributed by atoms with Crippen LogP contribution in [-0.4, -0.2) is 29.1 Å². The minimum absolute atomic E-state index is 0.539. The van der Waals surface area contributed by atoms with E-state index in [2.05, 4.69) is 51.6 Å². The van der Waals surface area contributed by atoms with Crippen molar-refractivity contribution < 1.29 is 4.52 Å². The predicted molar refractivity (Wildman–Crippen MR) is 81.9 cm³/mol. The second-order valence-electron chi connectivity index (χ2n) is 5.10. The van der Waals surface area contributed by atoms with E-state index < -0.39 is 0 Å². The van der Waals surface area contributed by atoms with E-state index in [4.69, 9.17) is 4.52 Å². The molecule has 0 amide bonds. The van der Waals surface area contributed by atoms with Crippen LogP contribution in [0.1, 0.15) is 23.7 Å². The molecule has 1 aliphatic rings. The minimum Gasteiger partial charge on any atom is -0.364 e. The maximum atomic E-state index is 4.85. The van der Waals surface area contributed by atoms with Crippen LogP contribution in [0.25, 0.3) is 0 Å². The van der Waals surface area contributed by atoms with Crippen LogP contribution in [0.5, 0.6) is 0 Å². The summed E-state index contributed by atoms with van der Waals surface area (Å²) in [5.41, 5.74) is 3.68. The van der Waals surface area contributed by atoms with Crippen molar-refractivity contribution in [2.75, 3.05) is 13.1 Å². The summed E-state index contributed by atoms with van der Waals surface area (Å²) in [6, 6.07) is 10.5. The van der Waals surface area contributed by atoms with Crippen LogP contribution < -0.4 is 5.32 Å². The van der Waals surface area contributed by atoms with Gasteiger partial charge in [0.2, 0.25) is 0 Å². The molecule has 1 aromatic carbocycles. The molecule has 5 nitrogen and oxygen atoms in total. The highest BCUT2D eigenvalue weighted by Gasteiger charge is 2.18. The first kappa shape index (κ1) is 13.7. The molecule has 110 valence electrons. The number of hydrogen-bond donors (Lipinski definition) is 1. The molecule has 3 rings (SSSR count). The first-order chi connectivity index (χ1) is 10.4. The molecule has 1 aliphatic heterocycles. The highest BCUT2D eigenvalue weighted by molar-refractivity contribution is 5.80. The van der Waals surface area contributed by atoms with Gasteiger partial charge in [-0.25, -0.2) is 4.99 Å². The van der Waals surface area contributed by atoms with Gasteiger partial charge in [0.15, 0.2) is 5.96 Å². The Hall–Kier alpha value is -2.30. The molecule has 0 aliphatic carbocycles. The smallest absolute Gasteiger partial charge is 0.194 e. The molecule has 0 radical (unpaired) electrons. The Bertz CT molecular complexity index is 606. The van der Waals surface area contributed by atoms with Crippen molar-refractivity contribution in [2.24, 2.45) is 4.99 Å². The highest BCUT2D eigenvalue weighted by Crippen LogP contribution is 2.18. The molecule has 0 saturated carbocycles. The minimum atomic E-state index is 0.539. The monoisotopic (exact) mass is 284 g/mol. The van der Waals surface area contributed by atoms with E-state index in [-0.39, 0.29) is 0 Å². The van der Waals surface area contributed by atoms with Crippen molar-refractivity contribution >= 4 is 5.96 Å². The Morgan fingerprint density at radius 2 is 2.19 bits per heavy atom. The van der Waals surface area contributed by atoms with Crippen LogP contribution in [0.4, 0.5) is 0 Å². The largest absolute Gasteiger partial charge is 0.364 e. The summed E-state index contributed by atoms with van der Waals surface area (Å²) in [6.45, 7) is 5.37. The SMILES string of the molecule is CCNC(=NCc1ccon1)N1CCc2ccccc2C1. The molecule has 0 unspecified atom stereocenters. The van der Waals surface area contributed by atoms with Gasteiger partial charge in [-0.3, -0.25) is 0 Å². The molecule has 2 heterocycles. The topological polar surface area (TPSA) is 53.7 Å². The number of nitrogens with one attached hydrogen (secondary N) is 1. The molecule has 0 atom stereocenters. The van der Waals surface area contributed by atoms with E-state index in [1.165, 1.54) is 11.1 Å². The number of hydrogen-bond acceptors (Lipinski definition) is 3. The average molecular weight is 284 g/mol. The zero-order chi connectivity index (χ0) is 14.5. The Labute approximate surface area is 124 Å². The fraction of sp³-hybridized carbons (Fsp3) is 0.375. The fourth-order valence-electron chi connectivity index (χ4n) is 2.58. The molecule has 0 saturated heterocycles. The average Bonchev–Trinajstić information content (AvgIpc) is 3.04. The number of rotatable bonds is 3. The maximum Gasteiger partial charge on any atom is 0.194 e. The van der Waals surface area contributed by atoms with E-state index in [0.29, 0.717) is 6.54 Å². The van der Waals surface area contributed by atoms with Crippen molar-refractivity contribution in [3.63, 3.8) is 0 Å². The summed E-state index contributed by atoms with van der Waals surface area (Å²) in [5, 5.41) is 7.26. The van der Waals surface area contributed by atoms with Crippen LogP contribution >= 0.6 is 0 Å². The van der Waals surface area contributed by atoms with Crippen LogP contribution in [0.15, 0.2) is 46.1 Å². The second-order valence-corrected chi connectivity index (χ2v) is 5.10. The van der Waals surface area contributed by atoms with Gasteiger partial charge in [0.25, 0.3) is 0 Å². The van der Waals surface area contributed by atoms with Crippen LogP contribution in [0.2, 0.25) is 0 Å². The van der Waals surface area contributed by atoms with Crippen molar-refractivity contribution in [1.29, 1.82) is 0 Å². The Kier molecular flexibility index (Phi) is 4.19. The summed E-state index contributed by atoms with van der Waals surface area (Å²) < 4.78 is 4.85. The Morgan fingerprint density at radius 1 is 1.33 bits per heavy atom. The lowest BCUT2D eigenvalue weighted by atomic mass is 10.0. The standard InChI is InChI=1S/C16H20N4O/c1-2-17-16(18-11-15-8-10-21-19-15)20-9-7-13-5-3-4-6-14(13)12-20/h3-6,8,10H,2,7,9,11-12H2,1H3,(H,17,18). The van der Waals surface area contributed by atoms with Crippen molar-refractivity contribution in [3.05, 3.63) is 53.4 Å². The van der Waals surface area contributed by atoms with Gasteiger partial charge in [-0.15, -0.1) is 0 Å². The molecule has 1 N–H and O–H groups in total. The molecule has 0 fully saturated rings. The lowest BCUT2D eigenvalue weighted by Crippen LogP contribution is -2.44. The quantitative estimate of drug-likeness (QED) is 0.693. The summed E-state index contributed by atoms with van der Waals surface area (Å²) >= 11 is 0. The van der Waals surface area contributed by atoms with Gasteiger partial charge in [0.05, 0.1) is 6.54 Å². The molecule has 21 heavy (non-hydrogen) atoms. The van der Waals surface area contributed by atoms with Crippen LogP contribution in [0.3, 0.4) is 0 Å². The highest BCUT2D eigenvalue weighted by atomic mass is 16.5. The molecular weight excluding hydrogens is 264 g/mol. The third kappa shape index (κ3) is 3.24. The summed E-state index contributed by atoms with van der Waals surface area (Å²) in [4.78, 5) is 6.96. The number of aromatic nitrogens is 1. The van der Waals surface area contributed by atoms with E-state index in [9.17, 15) is 0 Å². The van der Waals surface area contributed by atoms with Crippen LogP contribution in [-0.2, 0) is 19.5 Å². The van der Waals surface area contributed by atoms with Crippen molar-refractivity contribution in [1.82, 2.24) is 15.4 Å². The summed E-state index contributed by atoms with van der Waals surface area (Å²) in [5.74, 6) is 0.940. The van der Waals surface area contributed by atoms with Gasteiger partial charge in [0.1, 0.15) is 12.0 Å². The molecule has 0 bridgehead atoms. The third-order valence-corrected chi connectivity index (χ3v) is 3.65. The number of fused-ring (bicyclic) bond motifs is 1. The fourth-order valence-corrected chi connectivity index (χ4v) is 2.58. The summed E-state index contributed by atoms with van der Waals surface area (Å²) in [7, 11) is 0. The van der Waals surface area contributed by atoms with Gasteiger partial charge >= 0.3 is 0 Å². The molecule has 2 aromatic rings.